The summed E-state index contributed by atoms with van der Waals surface area (Å²) < 4.78 is 4.56. The highest BCUT2D eigenvalue weighted by Gasteiger charge is 2.59. The maximum Gasteiger partial charge on any atom is 0.325 e. The number of carbonyl (C=O) groups is 3. The minimum atomic E-state index is -1.21. The van der Waals surface area contributed by atoms with Gasteiger partial charge in [0.2, 0.25) is 0 Å². The highest BCUT2D eigenvalue weighted by Crippen LogP contribution is 2.43. The van der Waals surface area contributed by atoms with Crippen LogP contribution < -0.4 is 5.32 Å². The molecule has 0 spiro atoms. The van der Waals surface area contributed by atoms with Gasteiger partial charge >= 0.3 is 12.0 Å². The average Bonchev–Trinajstić information content (AvgIpc) is 2.73. The summed E-state index contributed by atoms with van der Waals surface area (Å²) in [4.78, 5) is 37.6. The Hall–Kier alpha value is -2.37. The molecule has 1 aliphatic rings. The Morgan fingerprint density at radius 1 is 1.23 bits per heavy atom. The Labute approximate surface area is 129 Å². The molecule has 1 fully saturated rings. The summed E-state index contributed by atoms with van der Waals surface area (Å²) in [5.74, 6) is -1.08. The summed E-state index contributed by atoms with van der Waals surface area (Å²) in [5, 5.41) is 2.78. The van der Waals surface area contributed by atoms with Gasteiger partial charge in [-0.1, -0.05) is 51.1 Å². The zero-order valence-corrected chi connectivity index (χ0v) is 13.2. The van der Waals surface area contributed by atoms with Crippen molar-refractivity contribution >= 4 is 17.9 Å². The quantitative estimate of drug-likeness (QED) is 0.680. The molecule has 22 heavy (non-hydrogen) atoms. The van der Waals surface area contributed by atoms with Crippen LogP contribution >= 0.6 is 0 Å². The van der Waals surface area contributed by atoms with Gasteiger partial charge in [-0.05, 0) is 11.0 Å². The van der Waals surface area contributed by atoms with E-state index in [1.165, 1.54) is 7.11 Å². The first-order valence-electron chi connectivity index (χ1n) is 7.00. The normalized spacial score (nSPS) is 21.7. The second kappa shape index (κ2) is 5.44. The van der Waals surface area contributed by atoms with Gasteiger partial charge in [-0.15, -0.1) is 0 Å². The predicted molar refractivity (Wildman–Crippen MR) is 79.8 cm³/mol. The summed E-state index contributed by atoms with van der Waals surface area (Å²) in [5.41, 5.74) is -1.10. The van der Waals surface area contributed by atoms with Crippen molar-refractivity contribution in [2.45, 2.75) is 26.3 Å². The number of methoxy groups -OCH3 is 1. The number of esters is 1. The molecule has 0 radical (unpaired) electrons. The standard InChI is InChI=1S/C16H20N2O4/c1-15(2,3)16(11-8-6-5-7-9-11)13(20)18(14(21)17-16)10-12(19)22-4/h5-9H,10H2,1-4H3,(H,17,21)/t16-/m1/s1. The van der Waals surface area contributed by atoms with Crippen molar-refractivity contribution in [1.82, 2.24) is 10.2 Å². The molecule has 0 aromatic heterocycles. The number of hydrogen-bond acceptors (Lipinski definition) is 4. The fourth-order valence-electron chi connectivity index (χ4n) is 2.74. The van der Waals surface area contributed by atoms with Crippen molar-refractivity contribution < 1.29 is 19.1 Å². The van der Waals surface area contributed by atoms with E-state index in [2.05, 4.69) is 10.1 Å². The lowest BCUT2D eigenvalue weighted by Gasteiger charge is -2.39. The van der Waals surface area contributed by atoms with E-state index in [-0.39, 0.29) is 0 Å². The van der Waals surface area contributed by atoms with Crippen LogP contribution in [-0.2, 0) is 19.9 Å². The third kappa shape index (κ3) is 2.34. The van der Waals surface area contributed by atoms with E-state index in [1.54, 1.807) is 12.1 Å². The van der Waals surface area contributed by atoms with Crippen LogP contribution in [0.2, 0.25) is 0 Å². The lowest BCUT2D eigenvalue weighted by molar-refractivity contribution is -0.146. The number of imide groups is 1. The lowest BCUT2D eigenvalue weighted by Crippen LogP contribution is -2.54. The van der Waals surface area contributed by atoms with Crippen LogP contribution in [-0.4, -0.2) is 36.5 Å². The highest BCUT2D eigenvalue weighted by molar-refractivity contribution is 6.09. The van der Waals surface area contributed by atoms with E-state index < -0.39 is 35.4 Å². The van der Waals surface area contributed by atoms with Gasteiger partial charge in [0.05, 0.1) is 7.11 Å². The largest absolute Gasteiger partial charge is 0.468 e. The lowest BCUT2D eigenvalue weighted by atomic mass is 9.69. The zero-order chi connectivity index (χ0) is 16.5. The molecule has 3 amide bonds. The number of benzene rings is 1. The molecule has 0 bridgehead atoms. The molecular weight excluding hydrogens is 284 g/mol. The molecule has 0 saturated carbocycles. The molecular formula is C16H20N2O4. The summed E-state index contributed by atoms with van der Waals surface area (Å²) in [6.07, 6.45) is 0. The zero-order valence-electron chi connectivity index (χ0n) is 13.2. The van der Waals surface area contributed by atoms with E-state index in [0.717, 1.165) is 4.90 Å². The van der Waals surface area contributed by atoms with E-state index in [1.807, 2.05) is 39.0 Å². The molecule has 2 rings (SSSR count). The molecule has 6 nitrogen and oxygen atoms in total. The molecule has 1 heterocycles. The molecule has 0 aliphatic carbocycles. The molecule has 1 aromatic carbocycles. The van der Waals surface area contributed by atoms with Crippen LogP contribution in [0.3, 0.4) is 0 Å². The highest BCUT2D eigenvalue weighted by atomic mass is 16.5. The number of urea groups is 1. The number of amides is 3. The molecule has 118 valence electrons. The Kier molecular flexibility index (Phi) is 3.96. The topological polar surface area (TPSA) is 75.7 Å². The van der Waals surface area contributed by atoms with Gasteiger partial charge in [0.1, 0.15) is 6.54 Å². The summed E-state index contributed by atoms with van der Waals surface area (Å²) in [6, 6.07) is 8.47. The first-order valence-corrected chi connectivity index (χ1v) is 7.00. The van der Waals surface area contributed by atoms with Gasteiger partial charge in [-0.2, -0.15) is 0 Å². The number of carbonyl (C=O) groups excluding carboxylic acids is 3. The Bertz CT molecular complexity index is 606. The van der Waals surface area contributed by atoms with E-state index in [0.29, 0.717) is 5.56 Å². The van der Waals surface area contributed by atoms with E-state index >= 15 is 0 Å². The van der Waals surface area contributed by atoms with Crippen molar-refractivity contribution in [3.63, 3.8) is 0 Å². The maximum atomic E-state index is 13.0. The van der Waals surface area contributed by atoms with Gasteiger partial charge < -0.3 is 10.1 Å². The summed E-state index contributed by atoms with van der Waals surface area (Å²) in [7, 11) is 1.22. The second-order valence-corrected chi connectivity index (χ2v) is 6.26. The SMILES string of the molecule is COC(=O)CN1C(=O)N[C@@](c2ccccc2)(C(C)(C)C)C1=O. The molecule has 1 atom stereocenters. The molecule has 6 heteroatoms. The van der Waals surface area contributed by atoms with Crippen molar-refractivity contribution in [1.29, 1.82) is 0 Å². The first-order chi connectivity index (χ1) is 10.2. The van der Waals surface area contributed by atoms with Gasteiger partial charge in [-0.25, -0.2) is 4.79 Å². The average molecular weight is 304 g/mol. The fourth-order valence-corrected chi connectivity index (χ4v) is 2.74. The molecule has 0 unspecified atom stereocenters. The number of rotatable bonds is 3. The Morgan fingerprint density at radius 2 is 1.82 bits per heavy atom. The third-order valence-electron chi connectivity index (χ3n) is 3.95. The maximum absolute atomic E-state index is 13.0. The summed E-state index contributed by atoms with van der Waals surface area (Å²) >= 11 is 0. The smallest absolute Gasteiger partial charge is 0.325 e. The van der Waals surface area contributed by atoms with Gasteiger partial charge in [0.15, 0.2) is 5.54 Å². The number of nitrogens with zero attached hydrogens (tertiary/aromatic N) is 1. The molecule has 1 N–H and O–H groups in total. The minimum absolute atomic E-state index is 0.397. The van der Waals surface area contributed by atoms with E-state index in [9.17, 15) is 14.4 Å². The van der Waals surface area contributed by atoms with Crippen LogP contribution in [0.25, 0.3) is 0 Å². The molecule has 1 aromatic rings. The monoisotopic (exact) mass is 304 g/mol. The van der Waals surface area contributed by atoms with Gasteiger partial charge in [-0.3, -0.25) is 14.5 Å². The Morgan fingerprint density at radius 3 is 2.32 bits per heavy atom. The van der Waals surface area contributed by atoms with Crippen molar-refractivity contribution in [3.8, 4) is 0 Å². The van der Waals surface area contributed by atoms with Crippen LogP contribution in [0.1, 0.15) is 26.3 Å². The number of hydrogen-bond donors (Lipinski definition) is 1. The van der Waals surface area contributed by atoms with Gasteiger partial charge in [0.25, 0.3) is 5.91 Å². The van der Waals surface area contributed by atoms with Crippen molar-refractivity contribution in [3.05, 3.63) is 35.9 Å². The number of nitrogens with one attached hydrogen (secondary N) is 1. The fraction of sp³-hybridized carbons (Fsp3) is 0.438. The van der Waals surface area contributed by atoms with Crippen LogP contribution in [0.5, 0.6) is 0 Å². The Balaban J connectivity index is 2.51. The third-order valence-corrected chi connectivity index (χ3v) is 3.95. The number of ether oxygens (including phenoxy) is 1. The first kappa shape index (κ1) is 16.0. The van der Waals surface area contributed by atoms with E-state index in [4.69, 9.17) is 0 Å². The van der Waals surface area contributed by atoms with Crippen LogP contribution in [0.15, 0.2) is 30.3 Å². The van der Waals surface area contributed by atoms with Crippen LogP contribution in [0.4, 0.5) is 4.79 Å². The second-order valence-electron chi connectivity index (χ2n) is 6.26. The minimum Gasteiger partial charge on any atom is -0.468 e. The van der Waals surface area contributed by atoms with Crippen molar-refractivity contribution in [2.24, 2.45) is 5.41 Å². The predicted octanol–water partition coefficient (Wildman–Crippen LogP) is 1.65. The molecule has 1 saturated heterocycles. The summed E-state index contributed by atoms with van der Waals surface area (Å²) in [6.45, 7) is 5.23. The van der Waals surface area contributed by atoms with Crippen molar-refractivity contribution in [2.75, 3.05) is 13.7 Å². The van der Waals surface area contributed by atoms with Crippen LogP contribution in [0, 0.1) is 5.41 Å². The molecule has 1 aliphatic heterocycles. The van der Waals surface area contributed by atoms with Gasteiger partial charge in [0, 0.05) is 0 Å².